The first kappa shape index (κ1) is 18.7. The molecule has 0 radical (unpaired) electrons. The molecule has 1 aromatic carbocycles. The van der Waals surface area contributed by atoms with Crippen LogP contribution in [0.5, 0.6) is 0 Å². The number of benzene rings is 1. The smallest absolute Gasteiger partial charge is 0.328 e. The van der Waals surface area contributed by atoms with E-state index in [-0.39, 0.29) is 28.5 Å². The number of hydrogen-bond donors (Lipinski definition) is 1. The van der Waals surface area contributed by atoms with Crippen LogP contribution in [0.1, 0.15) is 51.0 Å². The molecule has 4 fully saturated rings. The number of halogens is 2. The standard InChI is InChI=1S/C21H25ClFNO3/c1-12(19(25)27-11-16-17(22)3-2-4-18(16)23)24-20(26)21-8-13-5-14(9-21)7-15(6-13)10-21/h2-4,12-15H,5-11H2,1H3,(H,24,26)/t12-,13?,14?,15?,21?/m1/s1. The average molecular weight is 394 g/mol. The van der Waals surface area contributed by atoms with Crippen LogP contribution in [-0.4, -0.2) is 17.9 Å². The fourth-order valence-corrected chi connectivity index (χ4v) is 5.95. The van der Waals surface area contributed by atoms with Crippen molar-refractivity contribution in [1.29, 1.82) is 0 Å². The van der Waals surface area contributed by atoms with Crippen molar-refractivity contribution in [3.05, 3.63) is 34.6 Å². The summed E-state index contributed by atoms with van der Waals surface area (Å²) in [5.74, 6) is 0.871. The van der Waals surface area contributed by atoms with Gasteiger partial charge in [0.2, 0.25) is 5.91 Å². The predicted molar refractivity (Wildman–Crippen MR) is 99.4 cm³/mol. The molecule has 6 heteroatoms. The summed E-state index contributed by atoms with van der Waals surface area (Å²) in [6.45, 7) is 1.37. The van der Waals surface area contributed by atoms with Crippen molar-refractivity contribution < 1.29 is 18.7 Å². The molecule has 0 aromatic heterocycles. The molecule has 0 unspecified atom stereocenters. The van der Waals surface area contributed by atoms with E-state index in [0.29, 0.717) is 17.8 Å². The van der Waals surface area contributed by atoms with Crippen LogP contribution < -0.4 is 5.32 Å². The van der Waals surface area contributed by atoms with E-state index in [0.717, 1.165) is 19.3 Å². The maximum atomic E-state index is 13.8. The zero-order valence-electron chi connectivity index (χ0n) is 15.5. The van der Waals surface area contributed by atoms with Gasteiger partial charge in [0.25, 0.3) is 0 Å². The summed E-state index contributed by atoms with van der Waals surface area (Å²) >= 11 is 5.95. The molecule has 146 valence electrons. The minimum Gasteiger partial charge on any atom is -0.459 e. The molecule has 4 aliphatic rings. The lowest BCUT2D eigenvalue weighted by atomic mass is 9.49. The van der Waals surface area contributed by atoms with Crippen LogP contribution in [-0.2, 0) is 20.9 Å². The quantitative estimate of drug-likeness (QED) is 0.761. The van der Waals surface area contributed by atoms with Gasteiger partial charge in [-0.1, -0.05) is 17.7 Å². The van der Waals surface area contributed by atoms with Gasteiger partial charge in [-0.2, -0.15) is 0 Å². The molecule has 4 aliphatic carbocycles. The summed E-state index contributed by atoms with van der Waals surface area (Å²) < 4.78 is 19.0. The molecule has 0 saturated heterocycles. The van der Waals surface area contributed by atoms with E-state index in [9.17, 15) is 14.0 Å². The first-order chi connectivity index (χ1) is 12.9. The van der Waals surface area contributed by atoms with Gasteiger partial charge < -0.3 is 10.1 Å². The number of carbonyl (C=O) groups excluding carboxylic acids is 2. The van der Waals surface area contributed by atoms with Crippen molar-refractivity contribution in [2.45, 2.75) is 58.1 Å². The van der Waals surface area contributed by atoms with Gasteiger partial charge >= 0.3 is 5.97 Å². The highest BCUT2D eigenvalue weighted by atomic mass is 35.5. The molecule has 0 heterocycles. The van der Waals surface area contributed by atoms with Crippen LogP contribution in [0.15, 0.2) is 18.2 Å². The van der Waals surface area contributed by atoms with E-state index in [1.54, 1.807) is 13.0 Å². The lowest BCUT2D eigenvalue weighted by molar-refractivity contribution is -0.154. The van der Waals surface area contributed by atoms with Crippen LogP contribution in [0, 0.1) is 29.0 Å². The fraction of sp³-hybridized carbons (Fsp3) is 0.619. The summed E-state index contributed by atoms with van der Waals surface area (Å²) in [6, 6.07) is 3.55. The topological polar surface area (TPSA) is 55.4 Å². The van der Waals surface area contributed by atoms with E-state index in [4.69, 9.17) is 16.3 Å². The van der Waals surface area contributed by atoms with Crippen molar-refractivity contribution in [3.63, 3.8) is 0 Å². The van der Waals surface area contributed by atoms with Gasteiger partial charge in [-0.25, -0.2) is 9.18 Å². The number of esters is 1. The predicted octanol–water partition coefficient (Wildman–Crippen LogP) is 4.24. The number of rotatable bonds is 5. The molecule has 27 heavy (non-hydrogen) atoms. The van der Waals surface area contributed by atoms with Crippen molar-refractivity contribution in [1.82, 2.24) is 5.32 Å². The average Bonchev–Trinajstić information content (AvgIpc) is 2.59. The van der Waals surface area contributed by atoms with E-state index in [1.807, 2.05) is 0 Å². The largest absolute Gasteiger partial charge is 0.459 e. The van der Waals surface area contributed by atoms with Crippen molar-refractivity contribution in [2.75, 3.05) is 0 Å². The number of amides is 1. The summed E-state index contributed by atoms with van der Waals surface area (Å²) in [5.41, 5.74) is -0.162. The third kappa shape index (κ3) is 3.58. The minimum absolute atomic E-state index is 0.0185. The van der Waals surface area contributed by atoms with Gasteiger partial charge in [0.15, 0.2) is 0 Å². The number of nitrogens with one attached hydrogen (secondary N) is 1. The maximum Gasteiger partial charge on any atom is 0.328 e. The van der Waals surface area contributed by atoms with Gasteiger partial charge in [-0.15, -0.1) is 0 Å². The lowest BCUT2D eigenvalue weighted by Gasteiger charge is -2.55. The third-order valence-electron chi connectivity index (χ3n) is 6.64. The number of carbonyl (C=O) groups is 2. The van der Waals surface area contributed by atoms with Gasteiger partial charge in [0.1, 0.15) is 18.5 Å². The second kappa shape index (κ2) is 7.08. The molecule has 1 amide bonds. The van der Waals surface area contributed by atoms with Gasteiger partial charge in [-0.05, 0) is 75.3 Å². The Morgan fingerprint density at radius 1 is 1.22 bits per heavy atom. The molecule has 0 spiro atoms. The second-order valence-electron chi connectivity index (χ2n) is 8.70. The van der Waals surface area contributed by atoms with Crippen molar-refractivity contribution >= 4 is 23.5 Å². The maximum absolute atomic E-state index is 13.8. The zero-order chi connectivity index (χ0) is 19.2. The SMILES string of the molecule is C[C@@H](NC(=O)C12CC3CC(CC(C3)C1)C2)C(=O)OCc1c(F)cccc1Cl. The molecule has 5 rings (SSSR count). The summed E-state index contributed by atoms with van der Waals surface area (Å²) in [7, 11) is 0. The molecule has 1 atom stereocenters. The molecule has 0 aliphatic heterocycles. The van der Waals surface area contributed by atoms with Crippen molar-refractivity contribution in [3.8, 4) is 0 Å². The molecule has 1 aromatic rings. The van der Waals surface area contributed by atoms with E-state index >= 15 is 0 Å². The lowest BCUT2D eigenvalue weighted by Crippen LogP contribution is -2.55. The highest BCUT2D eigenvalue weighted by Gasteiger charge is 2.54. The first-order valence-electron chi connectivity index (χ1n) is 9.77. The van der Waals surface area contributed by atoms with Crippen LogP contribution in [0.25, 0.3) is 0 Å². The Bertz CT molecular complexity index is 710. The Morgan fingerprint density at radius 2 is 1.81 bits per heavy atom. The Labute approximate surface area is 163 Å². The van der Waals surface area contributed by atoms with Crippen LogP contribution in [0.2, 0.25) is 5.02 Å². The Balaban J connectivity index is 1.35. The first-order valence-corrected chi connectivity index (χ1v) is 10.1. The van der Waals surface area contributed by atoms with Crippen LogP contribution in [0.3, 0.4) is 0 Å². The van der Waals surface area contributed by atoms with Crippen LogP contribution in [0.4, 0.5) is 4.39 Å². The van der Waals surface area contributed by atoms with Crippen molar-refractivity contribution in [2.24, 2.45) is 23.2 Å². The van der Waals surface area contributed by atoms with E-state index in [2.05, 4.69) is 5.32 Å². The zero-order valence-corrected chi connectivity index (χ0v) is 16.2. The van der Waals surface area contributed by atoms with Crippen LogP contribution >= 0.6 is 11.6 Å². The Kier molecular flexibility index (Phi) is 4.91. The number of hydrogen-bond acceptors (Lipinski definition) is 3. The molecule has 4 saturated carbocycles. The fourth-order valence-electron chi connectivity index (χ4n) is 5.74. The van der Waals surface area contributed by atoms with E-state index in [1.165, 1.54) is 31.4 Å². The Morgan fingerprint density at radius 3 is 2.37 bits per heavy atom. The van der Waals surface area contributed by atoms with Gasteiger partial charge in [0.05, 0.1) is 5.02 Å². The second-order valence-corrected chi connectivity index (χ2v) is 9.11. The third-order valence-corrected chi connectivity index (χ3v) is 7.00. The molecule has 4 bridgehead atoms. The van der Waals surface area contributed by atoms with E-state index < -0.39 is 17.8 Å². The molecular formula is C21H25ClFNO3. The summed E-state index contributed by atoms with van der Waals surface area (Å²) in [4.78, 5) is 25.3. The molecular weight excluding hydrogens is 369 g/mol. The summed E-state index contributed by atoms with van der Waals surface area (Å²) in [5, 5.41) is 3.08. The molecule has 1 N–H and O–H groups in total. The monoisotopic (exact) mass is 393 g/mol. The Hall–Kier alpha value is -1.62. The normalized spacial score (nSPS) is 32.2. The minimum atomic E-state index is -0.768. The highest BCUT2D eigenvalue weighted by molar-refractivity contribution is 6.31. The van der Waals surface area contributed by atoms with Gasteiger partial charge in [-0.3, -0.25) is 4.79 Å². The van der Waals surface area contributed by atoms with Gasteiger partial charge in [0, 0.05) is 11.0 Å². The summed E-state index contributed by atoms with van der Waals surface area (Å²) in [6.07, 6.45) is 6.60. The highest BCUT2D eigenvalue weighted by Crippen LogP contribution is 2.60. The number of ether oxygens (including phenoxy) is 1. The molecule has 4 nitrogen and oxygen atoms in total.